The van der Waals surface area contributed by atoms with Crippen molar-refractivity contribution in [3.8, 4) is 0 Å². The molecule has 56 valence electrons. The van der Waals surface area contributed by atoms with E-state index >= 15 is 0 Å². The second-order valence-electron chi connectivity index (χ2n) is 3.09. The van der Waals surface area contributed by atoms with Gasteiger partial charge in [-0.3, -0.25) is 0 Å². The van der Waals surface area contributed by atoms with E-state index in [1.165, 1.54) is 0 Å². The largest absolute Gasteiger partial charge is 0.341 e. The van der Waals surface area contributed by atoms with Crippen LogP contribution in [0.4, 0.5) is 0 Å². The van der Waals surface area contributed by atoms with E-state index in [2.05, 4.69) is 32.7 Å². The first-order valence-electron chi connectivity index (χ1n) is 3.55. The van der Waals surface area contributed by atoms with Gasteiger partial charge in [-0.25, -0.2) is 0 Å². The average molecular weight is 146 g/mol. The second kappa shape index (κ2) is 4.03. The Labute approximate surface area is 59.6 Å². The topological polar surface area (TPSA) is 38.0 Å². The Morgan fingerprint density at radius 1 is 1.22 bits per heavy atom. The van der Waals surface area contributed by atoms with Crippen molar-refractivity contribution in [2.45, 2.75) is 39.3 Å². The summed E-state index contributed by atoms with van der Waals surface area (Å²) in [4.78, 5) is 3.36. The van der Waals surface area contributed by atoms with Gasteiger partial charge in [0, 0.05) is 0 Å². The van der Waals surface area contributed by atoms with Crippen LogP contribution in [-0.2, 0) is 0 Å². The van der Waals surface area contributed by atoms with Crippen LogP contribution in [0, 0.1) is 0 Å². The van der Waals surface area contributed by atoms with E-state index in [0.717, 1.165) is 0 Å². The maximum atomic E-state index is 5.85. The second-order valence-corrected chi connectivity index (χ2v) is 5.81. The number of nitrogens with two attached hydrogens (primary N) is 1. The summed E-state index contributed by atoms with van der Waals surface area (Å²) >= 11 is 0. The van der Waals surface area contributed by atoms with Gasteiger partial charge in [0.1, 0.15) is 0 Å². The Kier molecular flexibility index (Phi) is 4.09. The van der Waals surface area contributed by atoms with Crippen molar-refractivity contribution in [2.24, 2.45) is 5.40 Å². The summed E-state index contributed by atoms with van der Waals surface area (Å²) < 4.78 is 0. The monoisotopic (exact) mass is 146 g/mol. The predicted octanol–water partition coefficient (Wildman–Crippen LogP) is 0.574. The zero-order chi connectivity index (χ0) is 7.44. The standard InChI is InChI=1S/C6H18N2Si/c1-5(2)8-9(7)6(3)4/h5-6,8-9H,7H2,1-4H3. The molecule has 2 nitrogen and oxygen atoms in total. The van der Waals surface area contributed by atoms with Crippen LogP contribution in [0.1, 0.15) is 27.7 Å². The summed E-state index contributed by atoms with van der Waals surface area (Å²) in [5.74, 6) is 0. The molecule has 0 aliphatic heterocycles. The zero-order valence-electron chi connectivity index (χ0n) is 6.81. The average Bonchev–Trinajstić information content (AvgIpc) is 1.63. The number of rotatable bonds is 3. The summed E-state index contributed by atoms with van der Waals surface area (Å²) in [6.45, 7) is 8.61. The molecule has 0 fully saturated rings. The smallest absolute Gasteiger partial charge is 0.184 e. The molecule has 0 aliphatic rings. The molecule has 0 aromatic carbocycles. The van der Waals surface area contributed by atoms with Crippen molar-refractivity contribution < 1.29 is 0 Å². The zero-order valence-corrected chi connectivity index (χ0v) is 7.96. The molecule has 3 N–H and O–H groups in total. The first kappa shape index (κ1) is 9.14. The number of hydrogen-bond donors (Lipinski definition) is 2. The van der Waals surface area contributed by atoms with E-state index < -0.39 is 9.12 Å². The molecule has 0 bridgehead atoms. The lowest BCUT2D eigenvalue weighted by Gasteiger charge is -2.17. The van der Waals surface area contributed by atoms with Crippen LogP contribution in [0.3, 0.4) is 0 Å². The van der Waals surface area contributed by atoms with Gasteiger partial charge < -0.3 is 10.4 Å². The normalized spacial score (nSPS) is 15.0. The van der Waals surface area contributed by atoms with Crippen LogP contribution >= 0.6 is 0 Å². The first-order chi connectivity index (χ1) is 4.04. The highest BCUT2D eigenvalue weighted by Crippen LogP contribution is 1.99. The van der Waals surface area contributed by atoms with Crippen LogP contribution in [0.2, 0.25) is 5.54 Å². The Bertz CT molecular complexity index is 73.5. The molecule has 0 radical (unpaired) electrons. The van der Waals surface area contributed by atoms with Gasteiger partial charge in [-0.05, 0) is 11.6 Å². The number of hydrogen-bond acceptors (Lipinski definition) is 2. The molecule has 0 saturated heterocycles. The van der Waals surface area contributed by atoms with Gasteiger partial charge in [-0.2, -0.15) is 0 Å². The van der Waals surface area contributed by atoms with E-state index in [9.17, 15) is 0 Å². The number of nitrogens with one attached hydrogen (secondary N) is 1. The van der Waals surface area contributed by atoms with Gasteiger partial charge in [-0.1, -0.05) is 27.7 Å². The Balaban J connectivity index is 3.38. The van der Waals surface area contributed by atoms with E-state index in [0.29, 0.717) is 11.6 Å². The molecule has 1 unspecified atom stereocenters. The lowest BCUT2D eigenvalue weighted by atomic mass is 10.4. The van der Waals surface area contributed by atoms with Crippen molar-refractivity contribution >= 4 is 9.12 Å². The first-order valence-corrected chi connectivity index (χ1v) is 5.46. The molecule has 3 heteroatoms. The van der Waals surface area contributed by atoms with Crippen molar-refractivity contribution in [1.82, 2.24) is 4.98 Å². The molecule has 0 aromatic rings. The van der Waals surface area contributed by atoms with Gasteiger partial charge >= 0.3 is 0 Å². The summed E-state index contributed by atoms with van der Waals surface area (Å²) in [7, 11) is -1.08. The summed E-state index contributed by atoms with van der Waals surface area (Å²) in [5.41, 5.74) is 0.660. The quantitative estimate of drug-likeness (QED) is 0.571. The van der Waals surface area contributed by atoms with Gasteiger partial charge in [0.2, 0.25) is 0 Å². The molecule has 0 aliphatic carbocycles. The molecule has 0 amide bonds. The molecular formula is C6H18N2Si. The Morgan fingerprint density at radius 3 is 1.78 bits per heavy atom. The minimum Gasteiger partial charge on any atom is -0.341 e. The third-order valence-electron chi connectivity index (χ3n) is 1.24. The molecule has 0 saturated carbocycles. The van der Waals surface area contributed by atoms with Gasteiger partial charge in [-0.15, -0.1) is 0 Å². The SMILES string of the molecule is CC(C)N[SiH](N)C(C)C. The minimum atomic E-state index is -1.08. The fourth-order valence-electron chi connectivity index (χ4n) is 0.577. The van der Waals surface area contributed by atoms with Crippen molar-refractivity contribution in [3.05, 3.63) is 0 Å². The highest BCUT2D eigenvalue weighted by Gasteiger charge is 2.09. The molecule has 9 heavy (non-hydrogen) atoms. The molecule has 0 rings (SSSR count). The molecule has 0 heterocycles. The van der Waals surface area contributed by atoms with Crippen LogP contribution in [0.5, 0.6) is 0 Å². The Morgan fingerprint density at radius 2 is 1.67 bits per heavy atom. The highest BCUT2D eigenvalue weighted by atomic mass is 28.3. The summed E-state index contributed by atoms with van der Waals surface area (Å²) in [6.07, 6.45) is 0. The third kappa shape index (κ3) is 4.63. The summed E-state index contributed by atoms with van der Waals surface area (Å²) in [5, 5.41) is 5.85. The molecule has 0 aromatic heterocycles. The third-order valence-corrected chi connectivity index (χ3v) is 3.73. The van der Waals surface area contributed by atoms with Crippen LogP contribution < -0.4 is 10.4 Å². The lowest BCUT2D eigenvalue weighted by Crippen LogP contribution is -2.48. The summed E-state index contributed by atoms with van der Waals surface area (Å²) in [6, 6.07) is 0.550. The van der Waals surface area contributed by atoms with E-state index in [4.69, 9.17) is 5.40 Å². The highest BCUT2D eigenvalue weighted by molar-refractivity contribution is 6.53. The maximum Gasteiger partial charge on any atom is 0.184 e. The fraction of sp³-hybridized carbons (Fsp3) is 1.00. The van der Waals surface area contributed by atoms with Gasteiger partial charge in [0.05, 0.1) is 0 Å². The minimum absolute atomic E-state index is 0.550. The van der Waals surface area contributed by atoms with E-state index in [-0.39, 0.29) is 0 Å². The van der Waals surface area contributed by atoms with Crippen LogP contribution in [0.15, 0.2) is 0 Å². The van der Waals surface area contributed by atoms with E-state index in [1.807, 2.05) is 0 Å². The van der Waals surface area contributed by atoms with Crippen molar-refractivity contribution in [3.63, 3.8) is 0 Å². The lowest BCUT2D eigenvalue weighted by molar-refractivity contribution is 0.726. The molecule has 1 atom stereocenters. The predicted molar refractivity (Wildman–Crippen MR) is 44.7 cm³/mol. The van der Waals surface area contributed by atoms with Crippen molar-refractivity contribution in [2.75, 3.05) is 0 Å². The van der Waals surface area contributed by atoms with E-state index in [1.54, 1.807) is 0 Å². The van der Waals surface area contributed by atoms with Gasteiger partial charge in [0.15, 0.2) is 9.12 Å². The molecule has 0 spiro atoms. The van der Waals surface area contributed by atoms with Crippen LogP contribution in [-0.4, -0.2) is 15.2 Å². The fourth-order valence-corrected chi connectivity index (χ4v) is 1.73. The van der Waals surface area contributed by atoms with Gasteiger partial charge in [0.25, 0.3) is 0 Å². The van der Waals surface area contributed by atoms with Crippen LogP contribution in [0.25, 0.3) is 0 Å². The molecular weight excluding hydrogens is 128 g/mol. The maximum absolute atomic E-state index is 5.85. The van der Waals surface area contributed by atoms with Crippen molar-refractivity contribution in [1.29, 1.82) is 0 Å². The Hall–Kier alpha value is 0.137.